The van der Waals surface area contributed by atoms with Crippen LogP contribution < -0.4 is 16.0 Å². The van der Waals surface area contributed by atoms with E-state index in [1.807, 2.05) is 0 Å². The van der Waals surface area contributed by atoms with Gasteiger partial charge in [0.05, 0.1) is 0 Å². The van der Waals surface area contributed by atoms with E-state index in [0.29, 0.717) is 18.7 Å². The zero-order valence-electron chi connectivity index (χ0n) is 12.9. The van der Waals surface area contributed by atoms with Crippen LogP contribution in [0, 0.1) is 12.7 Å². The van der Waals surface area contributed by atoms with Gasteiger partial charge in [-0.2, -0.15) is 0 Å². The van der Waals surface area contributed by atoms with Gasteiger partial charge >= 0.3 is 6.03 Å². The zero-order valence-corrected chi connectivity index (χ0v) is 12.9. The molecule has 3 amide bonds. The third kappa shape index (κ3) is 6.53. The first kappa shape index (κ1) is 17.9. The molecule has 1 rings (SSSR count). The van der Waals surface area contributed by atoms with Crippen molar-refractivity contribution in [2.24, 2.45) is 0 Å². The topological polar surface area (TPSA) is 79.5 Å². The van der Waals surface area contributed by atoms with Crippen LogP contribution in [0.5, 0.6) is 0 Å². The summed E-state index contributed by atoms with van der Waals surface area (Å²) < 4.78 is 18.2. The SMILES string of the molecule is COCCCNC(=O)NCCNC(=O)c1ccc(C)c(F)c1. The number of carbonyl (C=O) groups is 2. The van der Waals surface area contributed by atoms with E-state index < -0.39 is 5.82 Å². The summed E-state index contributed by atoms with van der Waals surface area (Å²) in [7, 11) is 1.60. The second-order valence-electron chi connectivity index (χ2n) is 4.75. The number of ether oxygens (including phenoxy) is 1. The highest BCUT2D eigenvalue weighted by Gasteiger charge is 2.07. The van der Waals surface area contributed by atoms with Crippen LogP contribution in [0.2, 0.25) is 0 Å². The Bertz CT molecular complexity index is 509. The lowest BCUT2D eigenvalue weighted by Crippen LogP contribution is -2.40. The Morgan fingerprint density at radius 2 is 1.82 bits per heavy atom. The van der Waals surface area contributed by atoms with Crippen molar-refractivity contribution in [2.75, 3.05) is 33.4 Å². The van der Waals surface area contributed by atoms with Crippen LogP contribution in [0.15, 0.2) is 18.2 Å². The van der Waals surface area contributed by atoms with Crippen molar-refractivity contribution >= 4 is 11.9 Å². The fourth-order valence-corrected chi connectivity index (χ4v) is 1.67. The predicted molar refractivity (Wildman–Crippen MR) is 81.4 cm³/mol. The third-order valence-corrected chi connectivity index (χ3v) is 2.94. The van der Waals surface area contributed by atoms with Gasteiger partial charge in [-0.05, 0) is 31.0 Å². The first-order valence-electron chi connectivity index (χ1n) is 7.09. The number of urea groups is 1. The summed E-state index contributed by atoms with van der Waals surface area (Å²) in [6.07, 6.45) is 0.736. The number of halogens is 1. The van der Waals surface area contributed by atoms with Crippen molar-refractivity contribution < 1.29 is 18.7 Å². The molecule has 0 fully saturated rings. The molecule has 1 aromatic carbocycles. The monoisotopic (exact) mass is 311 g/mol. The first-order valence-corrected chi connectivity index (χ1v) is 7.09. The molecule has 0 saturated heterocycles. The van der Waals surface area contributed by atoms with Gasteiger partial charge in [0.1, 0.15) is 5.82 Å². The van der Waals surface area contributed by atoms with Crippen LogP contribution in [-0.4, -0.2) is 45.3 Å². The van der Waals surface area contributed by atoms with Crippen molar-refractivity contribution in [3.05, 3.63) is 35.1 Å². The Hall–Kier alpha value is -2.15. The molecule has 22 heavy (non-hydrogen) atoms. The second-order valence-corrected chi connectivity index (χ2v) is 4.75. The number of hydrogen-bond acceptors (Lipinski definition) is 3. The lowest BCUT2D eigenvalue weighted by molar-refractivity contribution is 0.0953. The Kier molecular flexibility index (Phi) is 7.91. The van der Waals surface area contributed by atoms with Gasteiger partial charge in [-0.1, -0.05) is 6.07 Å². The summed E-state index contributed by atoms with van der Waals surface area (Å²) in [6.45, 7) is 3.29. The van der Waals surface area contributed by atoms with E-state index in [1.165, 1.54) is 6.07 Å². The second kappa shape index (κ2) is 9.73. The Morgan fingerprint density at radius 1 is 1.14 bits per heavy atom. The molecule has 6 nitrogen and oxygen atoms in total. The van der Waals surface area contributed by atoms with Gasteiger partial charge < -0.3 is 20.7 Å². The molecule has 3 N–H and O–H groups in total. The van der Waals surface area contributed by atoms with E-state index in [-0.39, 0.29) is 30.6 Å². The summed E-state index contributed by atoms with van der Waals surface area (Å²) in [6, 6.07) is 4.01. The molecule has 0 aliphatic rings. The van der Waals surface area contributed by atoms with E-state index in [2.05, 4.69) is 16.0 Å². The summed E-state index contributed by atoms with van der Waals surface area (Å²) in [5.41, 5.74) is 0.746. The average Bonchev–Trinajstić information content (AvgIpc) is 2.50. The van der Waals surface area contributed by atoms with Gasteiger partial charge in [0, 0.05) is 38.9 Å². The van der Waals surface area contributed by atoms with Crippen molar-refractivity contribution in [3.8, 4) is 0 Å². The summed E-state index contributed by atoms with van der Waals surface area (Å²) in [5, 5.41) is 7.88. The fourth-order valence-electron chi connectivity index (χ4n) is 1.67. The number of hydrogen-bond donors (Lipinski definition) is 3. The summed E-state index contributed by atoms with van der Waals surface area (Å²) in [4.78, 5) is 23.2. The molecule has 0 unspecified atom stereocenters. The largest absolute Gasteiger partial charge is 0.385 e. The summed E-state index contributed by atoms with van der Waals surface area (Å²) >= 11 is 0. The number of rotatable bonds is 8. The van der Waals surface area contributed by atoms with Gasteiger partial charge in [0.25, 0.3) is 5.91 Å². The molecule has 0 saturated carbocycles. The van der Waals surface area contributed by atoms with Crippen LogP contribution in [0.25, 0.3) is 0 Å². The highest BCUT2D eigenvalue weighted by molar-refractivity contribution is 5.94. The van der Waals surface area contributed by atoms with E-state index in [0.717, 1.165) is 6.42 Å². The standard InChI is InChI=1S/C15H22FN3O3/c1-11-4-5-12(10-13(11)16)14(20)17-7-8-19-15(21)18-6-3-9-22-2/h4-5,10H,3,6-9H2,1-2H3,(H,17,20)(H2,18,19,21). The van der Waals surface area contributed by atoms with Gasteiger partial charge in [-0.25, -0.2) is 9.18 Å². The molecule has 0 spiro atoms. The molecule has 0 bridgehead atoms. The third-order valence-electron chi connectivity index (χ3n) is 2.94. The zero-order chi connectivity index (χ0) is 16.4. The maximum atomic E-state index is 13.4. The minimum atomic E-state index is -0.416. The van der Waals surface area contributed by atoms with E-state index in [9.17, 15) is 14.0 Å². The van der Waals surface area contributed by atoms with Crippen LogP contribution >= 0.6 is 0 Å². The number of aryl methyl sites for hydroxylation is 1. The molecular weight excluding hydrogens is 289 g/mol. The molecule has 0 heterocycles. The minimum Gasteiger partial charge on any atom is -0.385 e. The maximum Gasteiger partial charge on any atom is 0.314 e. The van der Waals surface area contributed by atoms with Crippen LogP contribution in [0.4, 0.5) is 9.18 Å². The Labute approximate surface area is 129 Å². The van der Waals surface area contributed by atoms with Gasteiger partial charge in [0.2, 0.25) is 0 Å². The highest BCUT2D eigenvalue weighted by Crippen LogP contribution is 2.08. The van der Waals surface area contributed by atoms with E-state index >= 15 is 0 Å². The number of carbonyl (C=O) groups excluding carboxylic acids is 2. The molecule has 0 atom stereocenters. The molecule has 122 valence electrons. The molecule has 0 aliphatic carbocycles. The maximum absolute atomic E-state index is 13.4. The molecule has 0 aromatic heterocycles. The predicted octanol–water partition coefficient (Wildman–Crippen LogP) is 1.20. The fraction of sp³-hybridized carbons (Fsp3) is 0.467. The first-order chi connectivity index (χ1) is 10.5. The Balaban J connectivity index is 2.19. The van der Waals surface area contributed by atoms with E-state index in [1.54, 1.807) is 26.2 Å². The van der Waals surface area contributed by atoms with Gasteiger partial charge in [0.15, 0.2) is 0 Å². The van der Waals surface area contributed by atoms with Gasteiger partial charge in [-0.3, -0.25) is 4.79 Å². The molecule has 0 radical (unpaired) electrons. The van der Waals surface area contributed by atoms with Crippen LogP contribution in [-0.2, 0) is 4.74 Å². The quantitative estimate of drug-likeness (QED) is 0.631. The summed E-state index contributed by atoms with van der Waals surface area (Å²) in [5.74, 6) is -0.789. The minimum absolute atomic E-state index is 0.257. The number of nitrogens with one attached hydrogen (secondary N) is 3. The lowest BCUT2D eigenvalue weighted by atomic mass is 10.1. The molecule has 0 aliphatic heterocycles. The number of benzene rings is 1. The van der Waals surface area contributed by atoms with Crippen LogP contribution in [0.1, 0.15) is 22.3 Å². The normalized spacial score (nSPS) is 10.1. The van der Waals surface area contributed by atoms with E-state index in [4.69, 9.17) is 4.74 Å². The van der Waals surface area contributed by atoms with Gasteiger partial charge in [-0.15, -0.1) is 0 Å². The van der Waals surface area contributed by atoms with Crippen molar-refractivity contribution in [1.29, 1.82) is 0 Å². The number of amides is 3. The van der Waals surface area contributed by atoms with Crippen LogP contribution in [0.3, 0.4) is 0 Å². The van der Waals surface area contributed by atoms with Crippen molar-refractivity contribution in [3.63, 3.8) is 0 Å². The highest BCUT2D eigenvalue weighted by atomic mass is 19.1. The lowest BCUT2D eigenvalue weighted by Gasteiger charge is -2.09. The smallest absolute Gasteiger partial charge is 0.314 e. The van der Waals surface area contributed by atoms with Crippen molar-refractivity contribution in [1.82, 2.24) is 16.0 Å². The number of methoxy groups -OCH3 is 1. The average molecular weight is 311 g/mol. The molecular formula is C15H22FN3O3. The molecule has 7 heteroatoms. The van der Waals surface area contributed by atoms with Crippen molar-refractivity contribution in [2.45, 2.75) is 13.3 Å². The molecule has 1 aromatic rings. The Morgan fingerprint density at radius 3 is 2.50 bits per heavy atom.